The van der Waals surface area contributed by atoms with E-state index in [4.69, 9.17) is 5.11 Å². The molecule has 1 aliphatic rings. The summed E-state index contributed by atoms with van der Waals surface area (Å²) in [6.07, 6.45) is 2.10. The second-order valence-electron chi connectivity index (χ2n) is 6.31. The molecule has 0 saturated carbocycles. The number of carbonyl (C=O) groups is 1. The summed E-state index contributed by atoms with van der Waals surface area (Å²) in [5, 5.41) is 8.86. The van der Waals surface area contributed by atoms with E-state index >= 15 is 0 Å². The van der Waals surface area contributed by atoms with Crippen LogP contribution < -0.4 is 0 Å². The Hall–Kier alpha value is -1.39. The lowest BCUT2D eigenvalue weighted by Crippen LogP contribution is -2.44. The van der Waals surface area contributed by atoms with E-state index in [2.05, 4.69) is 36.9 Å². The van der Waals surface area contributed by atoms with Crippen molar-refractivity contribution in [3.05, 3.63) is 34.9 Å². The monoisotopic (exact) mass is 290 g/mol. The van der Waals surface area contributed by atoms with E-state index in [0.29, 0.717) is 6.04 Å². The molecule has 1 saturated heterocycles. The quantitative estimate of drug-likeness (QED) is 0.903. The van der Waals surface area contributed by atoms with Gasteiger partial charge in [-0.2, -0.15) is 0 Å². The molecule has 116 valence electrons. The summed E-state index contributed by atoms with van der Waals surface area (Å²) < 4.78 is 0. The number of carboxylic acid groups (broad SMARTS) is 1. The van der Waals surface area contributed by atoms with Gasteiger partial charge in [-0.15, -0.1) is 0 Å². The largest absolute Gasteiger partial charge is 0.480 e. The number of rotatable bonds is 5. The molecule has 1 N–H and O–H groups in total. The molecule has 1 aromatic carbocycles. The molecular weight excluding hydrogens is 264 g/mol. The normalized spacial score (nSPS) is 17.3. The lowest BCUT2D eigenvalue weighted by atomic mass is 10.0. The zero-order valence-electron chi connectivity index (χ0n) is 13.3. The number of aliphatic carboxylic acids is 1. The minimum atomic E-state index is -0.741. The lowest BCUT2D eigenvalue weighted by molar-refractivity contribution is -0.138. The van der Waals surface area contributed by atoms with Gasteiger partial charge in [-0.3, -0.25) is 14.6 Å². The highest BCUT2D eigenvalue weighted by Crippen LogP contribution is 2.18. The summed E-state index contributed by atoms with van der Waals surface area (Å²) >= 11 is 0. The third-order valence-electron chi connectivity index (χ3n) is 4.25. The molecule has 2 rings (SSSR count). The molecule has 0 aromatic heterocycles. The van der Waals surface area contributed by atoms with Gasteiger partial charge in [0.05, 0.1) is 6.54 Å². The van der Waals surface area contributed by atoms with Gasteiger partial charge in [0.15, 0.2) is 0 Å². The Bertz CT molecular complexity index is 473. The smallest absolute Gasteiger partial charge is 0.317 e. The van der Waals surface area contributed by atoms with Gasteiger partial charge in [-0.1, -0.05) is 29.3 Å². The molecule has 1 aliphatic heterocycles. The van der Waals surface area contributed by atoms with Crippen molar-refractivity contribution in [1.82, 2.24) is 9.80 Å². The summed E-state index contributed by atoms with van der Waals surface area (Å²) in [6.45, 7) is 7.51. The number of likely N-dealkylation sites (N-methyl/N-ethyl adjacent to an activating group) is 1. The second-order valence-corrected chi connectivity index (χ2v) is 6.31. The van der Waals surface area contributed by atoms with Crippen LogP contribution in [0.4, 0.5) is 0 Å². The van der Waals surface area contributed by atoms with E-state index in [9.17, 15) is 4.79 Å². The first-order valence-corrected chi connectivity index (χ1v) is 7.65. The molecule has 21 heavy (non-hydrogen) atoms. The van der Waals surface area contributed by atoms with Gasteiger partial charge >= 0.3 is 5.97 Å². The predicted octanol–water partition coefficient (Wildman–Crippen LogP) is 2.28. The summed E-state index contributed by atoms with van der Waals surface area (Å²) in [5.41, 5.74) is 4.02. The summed E-state index contributed by atoms with van der Waals surface area (Å²) in [6, 6.07) is 7.12. The van der Waals surface area contributed by atoms with Crippen LogP contribution in [0.15, 0.2) is 18.2 Å². The van der Waals surface area contributed by atoms with Crippen LogP contribution in [-0.4, -0.2) is 53.6 Å². The minimum absolute atomic E-state index is 0.141. The maximum absolute atomic E-state index is 10.8. The van der Waals surface area contributed by atoms with Crippen molar-refractivity contribution in [3.8, 4) is 0 Å². The van der Waals surface area contributed by atoms with Crippen LogP contribution in [0.2, 0.25) is 0 Å². The van der Waals surface area contributed by atoms with E-state index in [0.717, 1.165) is 32.5 Å². The molecule has 4 nitrogen and oxygen atoms in total. The fourth-order valence-electron chi connectivity index (χ4n) is 3.28. The van der Waals surface area contributed by atoms with E-state index in [-0.39, 0.29) is 6.54 Å². The van der Waals surface area contributed by atoms with Gasteiger partial charge in [0.2, 0.25) is 0 Å². The first-order valence-electron chi connectivity index (χ1n) is 7.65. The van der Waals surface area contributed by atoms with Crippen LogP contribution in [0.3, 0.4) is 0 Å². The molecule has 0 aliphatic carbocycles. The molecular formula is C17H26N2O2. The number of hydrogen-bond donors (Lipinski definition) is 1. The van der Waals surface area contributed by atoms with Crippen LogP contribution in [0, 0.1) is 13.8 Å². The number of likely N-dealkylation sites (tertiary alicyclic amines) is 1. The average molecular weight is 290 g/mol. The highest BCUT2D eigenvalue weighted by molar-refractivity contribution is 5.69. The first-order chi connectivity index (χ1) is 9.94. The van der Waals surface area contributed by atoms with Gasteiger partial charge in [0, 0.05) is 12.6 Å². The molecule has 0 atom stereocenters. The van der Waals surface area contributed by atoms with Gasteiger partial charge in [-0.05, 0) is 52.4 Å². The van der Waals surface area contributed by atoms with Crippen molar-refractivity contribution < 1.29 is 9.90 Å². The Morgan fingerprint density at radius 1 is 1.24 bits per heavy atom. The zero-order chi connectivity index (χ0) is 15.4. The fourth-order valence-corrected chi connectivity index (χ4v) is 3.28. The molecule has 0 unspecified atom stereocenters. The number of hydrogen-bond acceptors (Lipinski definition) is 3. The van der Waals surface area contributed by atoms with Crippen molar-refractivity contribution in [2.45, 2.75) is 39.3 Å². The third-order valence-corrected chi connectivity index (χ3v) is 4.25. The minimum Gasteiger partial charge on any atom is -0.480 e. The number of piperidine rings is 1. The summed E-state index contributed by atoms with van der Waals surface area (Å²) in [7, 11) is 1.92. The van der Waals surface area contributed by atoms with Crippen LogP contribution in [-0.2, 0) is 11.3 Å². The number of carboxylic acids is 1. The van der Waals surface area contributed by atoms with Gasteiger partial charge in [0.25, 0.3) is 0 Å². The highest BCUT2D eigenvalue weighted by Gasteiger charge is 2.23. The number of nitrogens with zero attached hydrogens (tertiary/aromatic N) is 2. The van der Waals surface area contributed by atoms with E-state index in [1.807, 2.05) is 11.9 Å². The van der Waals surface area contributed by atoms with Gasteiger partial charge < -0.3 is 5.11 Å². The molecule has 0 bridgehead atoms. The molecule has 0 amide bonds. The molecule has 0 radical (unpaired) electrons. The third kappa shape index (κ3) is 4.83. The van der Waals surface area contributed by atoms with Crippen molar-refractivity contribution in [2.75, 3.05) is 26.7 Å². The average Bonchev–Trinajstić information content (AvgIpc) is 2.37. The maximum Gasteiger partial charge on any atom is 0.317 e. The van der Waals surface area contributed by atoms with Crippen LogP contribution in [0.5, 0.6) is 0 Å². The van der Waals surface area contributed by atoms with Crippen LogP contribution in [0.1, 0.15) is 29.5 Å². The Kier molecular flexibility index (Phi) is 5.37. The van der Waals surface area contributed by atoms with E-state index < -0.39 is 5.97 Å². The molecule has 1 heterocycles. The molecule has 1 aromatic rings. The van der Waals surface area contributed by atoms with E-state index in [1.165, 1.54) is 16.7 Å². The van der Waals surface area contributed by atoms with Crippen LogP contribution in [0.25, 0.3) is 0 Å². The van der Waals surface area contributed by atoms with E-state index in [1.54, 1.807) is 0 Å². The zero-order valence-corrected chi connectivity index (χ0v) is 13.3. The second kappa shape index (κ2) is 7.05. The Morgan fingerprint density at radius 2 is 1.81 bits per heavy atom. The van der Waals surface area contributed by atoms with Crippen molar-refractivity contribution >= 4 is 5.97 Å². The van der Waals surface area contributed by atoms with Gasteiger partial charge in [-0.25, -0.2) is 0 Å². The molecule has 4 heteroatoms. The lowest BCUT2D eigenvalue weighted by Gasteiger charge is -2.36. The first kappa shape index (κ1) is 16.0. The molecule has 1 fully saturated rings. The summed E-state index contributed by atoms with van der Waals surface area (Å²) in [4.78, 5) is 15.2. The topological polar surface area (TPSA) is 43.8 Å². The Morgan fingerprint density at radius 3 is 2.33 bits per heavy atom. The van der Waals surface area contributed by atoms with Crippen molar-refractivity contribution in [3.63, 3.8) is 0 Å². The maximum atomic E-state index is 10.8. The number of benzene rings is 1. The van der Waals surface area contributed by atoms with Gasteiger partial charge in [0.1, 0.15) is 0 Å². The summed E-state index contributed by atoms with van der Waals surface area (Å²) in [5.74, 6) is -0.741. The Labute approximate surface area is 127 Å². The fraction of sp³-hybridized carbons (Fsp3) is 0.588. The van der Waals surface area contributed by atoms with Crippen LogP contribution >= 0.6 is 0 Å². The SMILES string of the molecule is Cc1cc(C)cc(CN2CCC(N(C)CC(=O)O)CC2)c1. The highest BCUT2D eigenvalue weighted by atomic mass is 16.4. The molecule has 0 spiro atoms. The predicted molar refractivity (Wildman–Crippen MR) is 84.5 cm³/mol. The van der Waals surface area contributed by atoms with Crippen molar-refractivity contribution in [2.24, 2.45) is 0 Å². The Balaban J connectivity index is 1.85. The van der Waals surface area contributed by atoms with Crippen molar-refractivity contribution in [1.29, 1.82) is 0 Å². The standard InChI is InChI=1S/C17H26N2O2/c1-13-8-14(2)10-15(9-13)11-19-6-4-16(5-7-19)18(3)12-17(20)21/h8-10,16H,4-7,11-12H2,1-3H3,(H,20,21). The number of aryl methyl sites for hydroxylation is 2.